The first-order chi connectivity index (χ1) is 18.4. The van der Waals surface area contributed by atoms with Crippen molar-refractivity contribution in [2.45, 2.75) is 104 Å². The van der Waals surface area contributed by atoms with Crippen molar-refractivity contribution in [3.63, 3.8) is 0 Å². The summed E-state index contributed by atoms with van der Waals surface area (Å²) < 4.78 is 26.3. The zero-order valence-corrected chi connectivity index (χ0v) is 24.2. The van der Waals surface area contributed by atoms with E-state index in [4.69, 9.17) is 29.4 Å². The van der Waals surface area contributed by atoms with Crippen LogP contribution in [0.2, 0.25) is 0 Å². The molecule has 0 spiro atoms. The van der Waals surface area contributed by atoms with Gasteiger partial charge in [-0.1, -0.05) is 46.6 Å². The predicted octanol–water partition coefficient (Wildman–Crippen LogP) is 5.27. The Bertz CT molecular complexity index is 947. The van der Waals surface area contributed by atoms with Crippen LogP contribution in [0.5, 0.6) is 11.5 Å². The molecule has 10 nitrogen and oxygen atoms in total. The number of ether oxygens (including phenoxy) is 5. The highest BCUT2D eigenvalue weighted by molar-refractivity contribution is 5.81. The summed E-state index contributed by atoms with van der Waals surface area (Å²) in [5.41, 5.74) is 5.45. The van der Waals surface area contributed by atoms with Crippen LogP contribution in [0.1, 0.15) is 91.5 Å². The number of esters is 3. The van der Waals surface area contributed by atoms with Gasteiger partial charge in [-0.15, -0.1) is 0 Å². The second kappa shape index (κ2) is 17.4. The van der Waals surface area contributed by atoms with Crippen LogP contribution in [0, 0.1) is 5.92 Å². The summed E-state index contributed by atoms with van der Waals surface area (Å²) in [6, 6.07) is 4.65. The van der Waals surface area contributed by atoms with Crippen molar-refractivity contribution in [1.82, 2.24) is 0 Å². The lowest BCUT2D eigenvalue weighted by Gasteiger charge is -2.29. The Hall–Kier alpha value is -3.14. The molecule has 0 aliphatic heterocycles. The Kier molecular flexibility index (Phi) is 15.2. The van der Waals surface area contributed by atoms with E-state index >= 15 is 0 Å². The van der Waals surface area contributed by atoms with Gasteiger partial charge in [0.2, 0.25) is 0 Å². The van der Waals surface area contributed by atoms with E-state index < -0.39 is 35.7 Å². The fraction of sp³-hybridized carbons (Fsp3) is 0.655. The lowest BCUT2D eigenvalue weighted by molar-refractivity contribution is -0.148. The van der Waals surface area contributed by atoms with Crippen LogP contribution in [0.25, 0.3) is 0 Å². The molecule has 2 N–H and O–H groups in total. The summed E-state index contributed by atoms with van der Waals surface area (Å²) in [7, 11) is 1.22. The largest absolute Gasteiger partial charge is 0.508 e. The molecule has 0 saturated carbocycles. The highest BCUT2D eigenvalue weighted by Crippen LogP contribution is 2.32. The standard InChI is InChI=1S/C29H45NO9/c1-7-9-11-25(31)38-23-14-13-22(17-24(23)39-26(32)12-10-8-2)19-29(30,27(33)35-6)18-21(5)37-28(34)36-16-15-20(3)4/h13-14,17,20-21H,7-12,15-16,18-19,30H2,1-6H3/t21-,29?/m0/s1. The highest BCUT2D eigenvalue weighted by atomic mass is 16.7. The van der Waals surface area contributed by atoms with Crippen LogP contribution in [-0.4, -0.2) is 49.4 Å². The number of hydrogen-bond acceptors (Lipinski definition) is 10. The third-order valence-corrected chi connectivity index (χ3v) is 5.90. The number of benzene rings is 1. The van der Waals surface area contributed by atoms with Gasteiger partial charge in [0.05, 0.1) is 13.7 Å². The number of methoxy groups -OCH3 is 1. The second-order valence-corrected chi connectivity index (χ2v) is 10.2. The fourth-order valence-corrected chi connectivity index (χ4v) is 3.74. The van der Waals surface area contributed by atoms with Crippen LogP contribution in [-0.2, 0) is 35.0 Å². The molecule has 220 valence electrons. The van der Waals surface area contributed by atoms with E-state index in [1.54, 1.807) is 13.0 Å². The number of carbonyl (C=O) groups is 4. The molecular weight excluding hydrogens is 506 g/mol. The van der Waals surface area contributed by atoms with Crippen LogP contribution >= 0.6 is 0 Å². The molecule has 0 radical (unpaired) electrons. The molecule has 0 fully saturated rings. The molecule has 1 aromatic carbocycles. The molecule has 0 heterocycles. The predicted molar refractivity (Wildman–Crippen MR) is 145 cm³/mol. The van der Waals surface area contributed by atoms with Gasteiger partial charge < -0.3 is 29.4 Å². The Balaban J connectivity index is 3.11. The quantitative estimate of drug-likeness (QED) is 0.201. The third-order valence-electron chi connectivity index (χ3n) is 5.90. The summed E-state index contributed by atoms with van der Waals surface area (Å²) in [6.07, 6.45) is 2.41. The summed E-state index contributed by atoms with van der Waals surface area (Å²) >= 11 is 0. The zero-order chi connectivity index (χ0) is 29.4. The van der Waals surface area contributed by atoms with E-state index in [-0.39, 0.29) is 43.8 Å². The lowest BCUT2D eigenvalue weighted by atomic mass is 9.86. The van der Waals surface area contributed by atoms with Gasteiger partial charge in [0, 0.05) is 25.7 Å². The Morgan fingerprint density at radius 1 is 0.923 bits per heavy atom. The molecule has 0 aliphatic rings. The number of rotatable bonds is 17. The van der Waals surface area contributed by atoms with Crippen LogP contribution in [0.3, 0.4) is 0 Å². The van der Waals surface area contributed by atoms with Crippen molar-refractivity contribution in [3.8, 4) is 11.5 Å². The van der Waals surface area contributed by atoms with Crippen LogP contribution < -0.4 is 15.2 Å². The second-order valence-electron chi connectivity index (χ2n) is 10.2. The Labute approximate surface area is 231 Å². The normalized spacial score (nSPS) is 13.2. The SMILES string of the molecule is CCCCC(=O)Oc1ccc(CC(N)(C[C@H](C)OC(=O)OCCC(C)C)C(=O)OC)cc1OC(=O)CCCC. The molecule has 39 heavy (non-hydrogen) atoms. The molecule has 1 rings (SSSR count). The maximum absolute atomic E-state index is 12.7. The monoisotopic (exact) mass is 551 g/mol. The number of unbranched alkanes of at least 4 members (excludes halogenated alkanes) is 2. The van der Waals surface area contributed by atoms with E-state index in [9.17, 15) is 19.2 Å². The van der Waals surface area contributed by atoms with Gasteiger partial charge in [-0.25, -0.2) is 4.79 Å². The number of carbonyl (C=O) groups excluding carboxylic acids is 4. The average Bonchev–Trinajstić information content (AvgIpc) is 2.86. The lowest BCUT2D eigenvalue weighted by Crippen LogP contribution is -2.53. The van der Waals surface area contributed by atoms with E-state index in [0.29, 0.717) is 30.7 Å². The first-order valence-electron chi connectivity index (χ1n) is 13.7. The molecule has 0 bridgehead atoms. The molecule has 0 aromatic heterocycles. The van der Waals surface area contributed by atoms with Crippen molar-refractivity contribution in [1.29, 1.82) is 0 Å². The summed E-state index contributed by atoms with van der Waals surface area (Å²) in [4.78, 5) is 49.4. The maximum Gasteiger partial charge on any atom is 0.508 e. The minimum atomic E-state index is -1.57. The van der Waals surface area contributed by atoms with Crippen molar-refractivity contribution in [3.05, 3.63) is 23.8 Å². The van der Waals surface area contributed by atoms with Crippen molar-refractivity contribution in [2.24, 2.45) is 11.7 Å². The van der Waals surface area contributed by atoms with Gasteiger partial charge in [-0.05, 0) is 49.8 Å². The van der Waals surface area contributed by atoms with E-state index in [0.717, 1.165) is 12.8 Å². The van der Waals surface area contributed by atoms with Gasteiger partial charge in [0.25, 0.3) is 0 Å². The van der Waals surface area contributed by atoms with Gasteiger partial charge in [-0.3, -0.25) is 14.4 Å². The van der Waals surface area contributed by atoms with Crippen LogP contribution in [0.15, 0.2) is 18.2 Å². The first kappa shape index (κ1) is 33.9. The number of nitrogens with two attached hydrogens (primary N) is 1. The van der Waals surface area contributed by atoms with E-state index in [2.05, 4.69) is 0 Å². The first-order valence-corrected chi connectivity index (χ1v) is 13.7. The average molecular weight is 552 g/mol. The molecule has 0 aliphatic carbocycles. The summed E-state index contributed by atoms with van der Waals surface area (Å²) in [5, 5.41) is 0. The number of hydrogen-bond donors (Lipinski definition) is 1. The van der Waals surface area contributed by atoms with E-state index in [1.165, 1.54) is 19.2 Å². The zero-order valence-electron chi connectivity index (χ0n) is 24.2. The van der Waals surface area contributed by atoms with Gasteiger partial charge in [0.15, 0.2) is 11.5 Å². The van der Waals surface area contributed by atoms with Crippen molar-refractivity contribution < 1.29 is 42.9 Å². The molecular formula is C29H45NO9. The van der Waals surface area contributed by atoms with Crippen molar-refractivity contribution >= 4 is 24.1 Å². The van der Waals surface area contributed by atoms with Crippen molar-refractivity contribution in [2.75, 3.05) is 13.7 Å². The molecule has 1 aromatic rings. The Morgan fingerprint density at radius 3 is 2.05 bits per heavy atom. The van der Waals surface area contributed by atoms with Crippen LogP contribution in [0.4, 0.5) is 4.79 Å². The van der Waals surface area contributed by atoms with Gasteiger partial charge in [0.1, 0.15) is 11.6 Å². The Morgan fingerprint density at radius 2 is 1.51 bits per heavy atom. The van der Waals surface area contributed by atoms with Gasteiger partial charge >= 0.3 is 24.1 Å². The molecule has 0 amide bonds. The molecule has 2 atom stereocenters. The topological polar surface area (TPSA) is 140 Å². The van der Waals surface area contributed by atoms with E-state index in [1.807, 2.05) is 27.7 Å². The molecule has 1 unspecified atom stereocenters. The maximum atomic E-state index is 12.7. The molecule has 10 heteroatoms. The highest BCUT2D eigenvalue weighted by Gasteiger charge is 2.38. The fourth-order valence-electron chi connectivity index (χ4n) is 3.74. The van der Waals surface area contributed by atoms with Gasteiger partial charge in [-0.2, -0.15) is 0 Å². The third kappa shape index (κ3) is 13.0. The minimum absolute atomic E-state index is 0.0284. The minimum Gasteiger partial charge on any atom is -0.468 e. The smallest absolute Gasteiger partial charge is 0.468 e. The molecule has 0 saturated heterocycles. The summed E-state index contributed by atoms with van der Waals surface area (Å²) in [5.74, 6) is -1.08. The summed E-state index contributed by atoms with van der Waals surface area (Å²) in [6.45, 7) is 9.77.